The second-order valence-electron chi connectivity index (χ2n) is 7.06. The average Bonchev–Trinajstić information content (AvgIpc) is 3.21. The van der Waals surface area contributed by atoms with Crippen LogP contribution in [-0.2, 0) is 13.0 Å². The molecule has 3 rings (SSSR count). The monoisotopic (exact) mass is 553 g/mol. The number of fused-ring (bicyclic) bond motifs is 1. The van der Waals surface area contributed by atoms with Crippen molar-refractivity contribution in [1.82, 2.24) is 20.0 Å². The highest BCUT2D eigenvalue weighted by Gasteiger charge is 2.13. The van der Waals surface area contributed by atoms with Crippen molar-refractivity contribution >= 4 is 35.6 Å². The Kier molecular flexibility index (Phi) is 9.89. The Bertz CT molecular complexity index is 1030. The number of guanidine groups is 1. The van der Waals surface area contributed by atoms with Crippen LogP contribution in [0, 0.1) is 6.92 Å². The lowest BCUT2D eigenvalue weighted by molar-refractivity contribution is 0.324. The minimum atomic E-state index is 0. The molecule has 0 aliphatic carbocycles. The van der Waals surface area contributed by atoms with E-state index < -0.39 is 0 Å². The molecule has 1 aromatic carbocycles. The topological polar surface area (TPSA) is 81.4 Å². The summed E-state index contributed by atoms with van der Waals surface area (Å²) >= 11 is 0. The zero-order chi connectivity index (χ0) is 22.2. The van der Waals surface area contributed by atoms with Gasteiger partial charge in [-0.25, -0.2) is 9.98 Å². The van der Waals surface area contributed by atoms with Crippen molar-refractivity contribution in [3.05, 3.63) is 53.5 Å². The van der Waals surface area contributed by atoms with Crippen molar-refractivity contribution < 1.29 is 14.2 Å². The van der Waals surface area contributed by atoms with Gasteiger partial charge < -0.3 is 29.2 Å². The van der Waals surface area contributed by atoms with Crippen molar-refractivity contribution in [2.24, 2.45) is 4.99 Å². The Balaban J connectivity index is 0.00000363. The number of benzene rings is 1. The van der Waals surface area contributed by atoms with E-state index in [1.807, 2.05) is 31.3 Å². The van der Waals surface area contributed by atoms with E-state index in [-0.39, 0.29) is 24.0 Å². The number of halogens is 1. The summed E-state index contributed by atoms with van der Waals surface area (Å²) in [6.07, 6.45) is 4.90. The quantitative estimate of drug-likeness (QED) is 0.240. The summed E-state index contributed by atoms with van der Waals surface area (Å²) in [6.45, 7) is 6.09. The molecule has 0 radical (unpaired) electrons. The lowest BCUT2D eigenvalue weighted by Gasteiger charge is -2.14. The Morgan fingerprint density at radius 1 is 1.09 bits per heavy atom. The molecule has 0 saturated heterocycles. The normalized spacial score (nSPS) is 11.1. The van der Waals surface area contributed by atoms with Gasteiger partial charge in [-0.15, -0.1) is 24.0 Å². The lowest BCUT2D eigenvalue weighted by atomic mass is 10.2. The van der Waals surface area contributed by atoms with Gasteiger partial charge in [-0.3, -0.25) is 0 Å². The molecule has 0 unspecified atom stereocenters. The number of methoxy groups -OCH3 is 3. The van der Waals surface area contributed by atoms with Crippen molar-refractivity contribution in [2.75, 3.05) is 34.4 Å². The fraction of sp³-hybridized carbons (Fsp3) is 0.391. The van der Waals surface area contributed by atoms with E-state index >= 15 is 0 Å². The van der Waals surface area contributed by atoms with Crippen LogP contribution in [0.5, 0.6) is 17.2 Å². The number of nitrogens with one attached hydrogen (secondary N) is 2. The molecule has 2 heterocycles. The third-order valence-electron chi connectivity index (χ3n) is 4.89. The van der Waals surface area contributed by atoms with E-state index in [0.29, 0.717) is 23.8 Å². The Labute approximate surface area is 206 Å². The maximum atomic E-state index is 5.43. The summed E-state index contributed by atoms with van der Waals surface area (Å²) in [7, 11) is 4.81. The molecule has 3 aromatic rings. The van der Waals surface area contributed by atoms with Crippen molar-refractivity contribution in [1.29, 1.82) is 0 Å². The van der Waals surface area contributed by atoms with Crippen LogP contribution in [0.1, 0.15) is 23.7 Å². The molecule has 8 nitrogen and oxygen atoms in total. The van der Waals surface area contributed by atoms with Crippen molar-refractivity contribution in [2.45, 2.75) is 26.8 Å². The van der Waals surface area contributed by atoms with Gasteiger partial charge in [0.15, 0.2) is 17.5 Å². The third-order valence-corrected chi connectivity index (χ3v) is 4.89. The Hall–Kier alpha value is -2.69. The van der Waals surface area contributed by atoms with Crippen LogP contribution in [0.3, 0.4) is 0 Å². The molecule has 0 atom stereocenters. The van der Waals surface area contributed by atoms with Crippen LogP contribution in [0.15, 0.2) is 41.7 Å². The van der Waals surface area contributed by atoms with Gasteiger partial charge in [0.1, 0.15) is 5.65 Å². The number of pyridine rings is 1. The number of rotatable bonds is 9. The fourth-order valence-electron chi connectivity index (χ4n) is 3.37. The van der Waals surface area contributed by atoms with Crippen LogP contribution in [0.25, 0.3) is 5.65 Å². The Morgan fingerprint density at radius 2 is 1.81 bits per heavy atom. The highest BCUT2D eigenvalue weighted by molar-refractivity contribution is 14.0. The van der Waals surface area contributed by atoms with Crippen LogP contribution in [0.4, 0.5) is 0 Å². The summed E-state index contributed by atoms with van der Waals surface area (Å²) in [6, 6.07) is 7.93. The first-order chi connectivity index (χ1) is 15.1. The van der Waals surface area contributed by atoms with E-state index in [9.17, 15) is 0 Å². The summed E-state index contributed by atoms with van der Waals surface area (Å²) in [5.74, 6) is 2.56. The number of aromatic nitrogens is 2. The van der Waals surface area contributed by atoms with Gasteiger partial charge in [-0.05, 0) is 43.2 Å². The van der Waals surface area contributed by atoms with Gasteiger partial charge in [0.25, 0.3) is 0 Å². The average molecular weight is 553 g/mol. The number of hydrogen-bond donors (Lipinski definition) is 2. The molecule has 2 aromatic heterocycles. The molecule has 0 aliphatic heterocycles. The minimum absolute atomic E-state index is 0. The summed E-state index contributed by atoms with van der Waals surface area (Å²) < 4.78 is 18.3. The molecular weight excluding hydrogens is 521 g/mol. The van der Waals surface area contributed by atoms with E-state index in [4.69, 9.17) is 24.2 Å². The summed E-state index contributed by atoms with van der Waals surface area (Å²) in [5.41, 5.74) is 4.17. The second kappa shape index (κ2) is 12.4. The second-order valence-corrected chi connectivity index (χ2v) is 7.06. The predicted molar refractivity (Wildman–Crippen MR) is 138 cm³/mol. The SMILES string of the molecule is CCNC(=NCc1cc(OC)c(OC)c(OC)c1)NCCc1cn2cccc(C)c2n1.I. The van der Waals surface area contributed by atoms with Gasteiger partial charge in [-0.2, -0.15) is 0 Å². The fourth-order valence-corrected chi connectivity index (χ4v) is 3.37. The summed E-state index contributed by atoms with van der Waals surface area (Å²) in [5, 5.41) is 6.66. The third kappa shape index (κ3) is 6.18. The first-order valence-electron chi connectivity index (χ1n) is 10.3. The molecule has 0 aliphatic rings. The van der Waals surface area contributed by atoms with E-state index in [0.717, 1.165) is 42.4 Å². The minimum Gasteiger partial charge on any atom is -0.493 e. The molecule has 174 valence electrons. The van der Waals surface area contributed by atoms with E-state index in [1.165, 1.54) is 5.56 Å². The molecule has 0 amide bonds. The van der Waals surface area contributed by atoms with Crippen LogP contribution in [-0.4, -0.2) is 49.8 Å². The number of ether oxygens (including phenoxy) is 3. The van der Waals surface area contributed by atoms with Crippen LogP contribution < -0.4 is 24.8 Å². The number of nitrogens with zero attached hydrogens (tertiary/aromatic N) is 3. The standard InChI is InChI=1S/C23H31N5O3.HI/c1-6-24-23(25-10-9-18-15-28-11-7-8-16(2)22(28)27-18)26-14-17-12-19(29-3)21(31-5)20(13-17)30-4;/h7-8,11-13,15H,6,9-10,14H2,1-5H3,(H2,24,25,26);1H. The van der Waals surface area contributed by atoms with E-state index in [1.54, 1.807) is 21.3 Å². The number of aliphatic imine (C=N–C) groups is 1. The van der Waals surface area contributed by atoms with E-state index in [2.05, 4.69) is 34.2 Å². The largest absolute Gasteiger partial charge is 0.493 e. The predicted octanol–water partition coefficient (Wildman–Crippen LogP) is 3.58. The lowest BCUT2D eigenvalue weighted by Crippen LogP contribution is -2.38. The molecular formula is C23H32IN5O3. The van der Waals surface area contributed by atoms with Gasteiger partial charge in [0.2, 0.25) is 5.75 Å². The maximum Gasteiger partial charge on any atom is 0.203 e. The van der Waals surface area contributed by atoms with Crippen molar-refractivity contribution in [3.8, 4) is 17.2 Å². The zero-order valence-corrected chi connectivity index (χ0v) is 21.6. The first-order valence-corrected chi connectivity index (χ1v) is 10.3. The molecule has 0 bridgehead atoms. The highest BCUT2D eigenvalue weighted by atomic mass is 127. The Morgan fingerprint density at radius 3 is 2.41 bits per heavy atom. The van der Waals surface area contributed by atoms with Crippen LogP contribution in [0.2, 0.25) is 0 Å². The molecule has 0 spiro atoms. The first kappa shape index (κ1) is 25.6. The molecule has 2 N–H and O–H groups in total. The number of hydrogen-bond acceptors (Lipinski definition) is 5. The maximum absolute atomic E-state index is 5.43. The molecule has 32 heavy (non-hydrogen) atoms. The zero-order valence-electron chi connectivity index (χ0n) is 19.3. The number of aryl methyl sites for hydroxylation is 1. The summed E-state index contributed by atoms with van der Waals surface area (Å²) in [4.78, 5) is 9.42. The molecule has 0 saturated carbocycles. The van der Waals surface area contributed by atoms with Crippen molar-refractivity contribution in [3.63, 3.8) is 0 Å². The van der Waals surface area contributed by atoms with Gasteiger partial charge in [0.05, 0.1) is 33.6 Å². The van der Waals surface area contributed by atoms with Crippen LogP contribution >= 0.6 is 24.0 Å². The molecule has 0 fully saturated rings. The number of imidazole rings is 1. The van der Waals surface area contributed by atoms with Gasteiger partial charge in [0, 0.05) is 31.9 Å². The molecule has 9 heteroatoms. The smallest absolute Gasteiger partial charge is 0.203 e. The van der Waals surface area contributed by atoms with Gasteiger partial charge >= 0.3 is 0 Å². The van der Waals surface area contributed by atoms with Gasteiger partial charge in [-0.1, -0.05) is 6.07 Å². The highest BCUT2D eigenvalue weighted by Crippen LogP contribution is 2.38.